The van der Waals surface area contributed by atoms with Crippen LogP contribution in [0.2, 0.25) is 0 Å². The van der Waals surface area contributed by atoms with Gasteiger partial charge in [-0.1, -0.05) is 12.1 Å². The Labute approximate surface area is 118 Å². The van der Waals surface area contributed by atoms with Crippen LogP contribution in [0.5, 0.6) is 0 Å². The monoisotopic (exact) mass is 272 g/mol. The summed E-state index contributed by atoms with van der Waals surface area (Å²) in [5, 5.41) is 17.6. The first-order valence-corrected chi connectivity index (χ1v) is 7.07. The molecule has 3 rings (SSSR count). The van der Waals surface area contributed by atoms with Crippen LogP contribution in [0.4, 0.5) is 5.69 Å². The number of rotatable bonds is 4. The third kappa shape index (κ3) is 3.14. The molecule has 0 amide bonds. The van der Waals surface area contributed by atoms with Gasteiger partial charge in [0.25, 0.3) is 0 Å². The van der Waals surface area contributed by atoms with Crippen molar-refractivity contribution in [3.63, 3.8) is 0 Å². The van der Waals surface area contributed by atoms with E-state index in [4.69, 9.17) is 0 Å². The van der Waals surface area contributed by atoms with Crippen LogP contribution in [0, 0.1) is 5.92 Å². The van der Waals surface area contributed by atoms with Gasteiger partial charge in [0.05, 0.1) is 0 Å². The van der Waals surface area contributed by atoms with E-state index in [1.807, 2.05) is 12.1 Å². The highest BCUT2D eigenvalue weighted by Crippen LogP contribution is 2.20. The van der Waals surface area contributed by atoms with Gasteiger partial charge < -0.3 is 10.2 Å². The fourth-order valence-corrected chi connectivity index (χ4v) is 2.58. The Morgan fingerprint density at radius 2 is 2.20 bits per heavy atom. The van der Waals surface area contributed by atoms with Gasteiger partial charge in [0.2, 0.25) is 5.82 Å². The Hall–Kier alpha value is -1.95. The molecular weight excluding hydrogens is 252 g/mol. The first-order chi connectivity index (χ1) is 9.81. The molecule has 1 fully saturated rings. The number of nitrogens with one attached hydrogen (secondary N) is 2. The summed E-state index contributed by atoms with van der Waals surface area (Å²) in [6.45, 7) is 3.44. The van der Waals surface area contributed by atoms with Crippen LogP contribution in [-0.4, -0.2) is 52.2 Å². The van der Waals surface area contributed by atoms with Gasteiger partial charge in [-0.3, -0.25) is 0 Å². The van der Waals surface area contributed by atoms with Gasteiger partial charge >= 0.3 is 0 Å². The molecule has 0 bridgehead atoms. The second-order valence-corrected chi connectivity index (χ2v) is 5.44. The van der Waals surface area contributed by atoms with E-state index in [0.717, 1.165) is 23.7 Å². The molecule has 0 radical (unpaired) electrons. The molecule has 0 atom stereocenters. The molecule has 2 N–H and O–H groups in total. The Bertz CT molecular complexity index is 530. The SMILES string of the molecule is CN1CCC(CNc2cccc(-c3nn[nH]n3)c2)CC1. The van der Waals surface area contributed by atoms with Crippen molar-refractivity contribution in [2.45, 2.75) is 12.8 Å². The average Bonchev–Trinajstić information content (AvgIpc) is 3.01. The maximum atomic E-state index is 4.01. The summed E-state index contributed by atoms with van der Waals surface area (Å²) < 4.78 is 0. The van der Waals surface area contributed by atoms with E-state index in [1.165, 1.54) is 25.9 Å². The molecular formula is C14H20N6. The van der Waals surface area contributed by atoms with Gasteiger partial charge in [-0.05, 0) is 56.2 Å². The zero-order chi connectivity index (χ0) is 13.8. The fraction of sp³-hybridized carbons (Fsp3) is 0.500. The number of aromatic amines is 1. The zero-order valence-corrected chi connectivity index (χ0v) is 11.7. The summed E-state index contributed by atoms with van der Waals surface area (Å²) in [7, 11) is 2.19. The molecule has 1 aromatic heterocycles. The number of H-pyrrole nitrogens is 1. The van der Waals surface area contributed by atoms with E-state index < -0.39 is 0 Å². The van der Waals surface area contributed by atoms with Crippen molar-refractivity contribution in [3.8, 4) is 11.4 Å². The highest BCUT2D eigenvalue weighted by atomic mass is 15.5. The lowest BCUT2D eigenvalue weighted by Gasteiger charge is -2.29. The van der Waals surface area contributed by atoms with E-state index in [2.05, 4.69) is 50.0 Å². The molecule has 0 saturated carbocycles. The van der Waals surface area contributed by atoms with E-state index in [-0.39, 0.29) is 0 Å². The van der Waals surface area contributed by atoms with Gasteiger partial charge in [0, 0.05) is 17.8 Å². The van der Waals surface area contributed by atoms with Crippen LogP contribution < -0.4 is 5.32 Å². The van der Waals surface area contributed by atoms with E-state index in [1.54, 1.807) is 0 Å². The van der Waals surface area contributed by atoms with Gasteiger partial charge in [0.15, 0.2) is 0 Å². The topological polar surface area (TPSA) is 69.7 Å². The lowest BCUT2D eigenvalue weighted by molar-refractivity contribution is 0.226. The predicted octanol–water partition coefficient (Wildman–Crippen LogP) is 1.62. The molecule has 0 spiro atoms. The van der Waals surface area contributed by atoms with Crippen LogP contribution in [-0.2, 0) is 0 Å². The summed E-state index contributed by atoms with van der Waals surface area (Å²) in [6.07, 6.45) is 2.54. The Kier molecular flexibility index (Phi) is 3.92. The Morgan fingerprint density at radius 1 is 1.35 bits per heavy atom. The van der Waals surface area contributed by atoms with Crippen molar-refractivity contribution in [2.24, 2.45) is 5.92 Å². The summed E-state index contributed by atoms with van der Waals surface area (Å²) >= 11 is 0. The van der Waals surface area contributed by atoms with Crippen LogP contribution >= 0.6 is 0 Å². The lowest BCUT2D eigenvalue weighted by Crippen LogP contribution is -2.32. The lowest BCUT2D eigenvalue weighted by atomic mass is 9.97. The number of hydrogen-bond acceptors (Lipinski definition) is 5. The van der Waals surface area contributed by atoms with Crippen molar-refractivity contribution >= 4 is 5.69 Å². The first kappa shape index (κ1) is 13.1. The molecule has 20 heavy (non-hydrogen) atoms. The smallest absolute Gasteiger partial charge is 0.204 e. The normalized spacial score (nSPS) is 17.2. The minimum Gasteiger partial charge on any atom is -0.385 e. The molecule has 2 heterocycles. The molecule has 6 heteroatoms. The molecule has 1 saturated heterocycles. The highest BCUT2D eigenvalue weighted by Gasteiger charge is 2.16. The van der Waals surface area contributed by atoms with Gasteiger partial charge in [-0.25, -0.2) is 0 Å². The molecule has 6 nitrogen and oxygen atoms in total. The maximum Gasteiger partial charge on any atom is 0.204 e. The second-order valence-electron chi connectivity index (χ2n) is 5.44. The minimum absolute atomic E-state index is 0.632. The van der Waals surface area contributed by atoms with Crippen molar-refractivity contribution in [1.29, 1.82) is 0 Å². The van der Waals surface area contributed by atoms with Crippen molar-refractivity contribution < 1.29 is 0 Å². The largest absolute Gasteiger partial charge is 0.385 e. The van der Waals surface area contributed by atoms with Crippen LogP contribution in [0.1, 0.15) is 12.8 Å². The Balaban J connectivity index is 1.59. The average molecular weight is 272 g/mol. The number of aromatic nitrogens is 4. The maximum absolute atomic E-state index is 4.01. The van der Waals surface area contributed by atoms with Crippen LogP contribution in [0.25, 0.3) is 11.4 Å². The molecule has 0 aliphatic carbocycles. The number of anilines is 1. The zero-order valence-electron chi connectivity index (χ0n) is 11.7. The molecule has 106 valence electrons. The van der Waals surface area contributed by atoms with Crippen molar-refractivity contribution in [1.82, 2.24) is 25.5 Å². The molecule has 1 aromatic carbocycles. The Morgan fingerprint density at radius 3 is 2.95 bits per heavy atom. The van der Waals surface area contributed by atoms with Crippen molar-refractivity contribution in [2.75, 3.05) is 32.0 Å². The predicted molar refractivity (Wildman–Crippen MR) is 78.3 cm³/mol. The number of nitrogens with zero attached hydrogens (tertiary/aromatic N) is 4. The quantitative estimate of drug-likeness (QED) is 0.885. The molecule has 1 aliphatic heterocycles. The first-order valence-electron chi connectivity index (χ1n) is 7.07. The third-order valence-electron chi connectivity index (χ3n) is 3.90. The van der Waals surface area contributed by atoms with Crippen LogP contribution in [0.15, 0.2) is 24.3 Å². The summed E-state index contributed by atoms with van der Waals surface area (Å²) in [4.78, 5) is 2.40. The number of likely N-dealkylation sites (tertiary alicyclic amines) is 1. The standard InChI is InChI=1S/C14H20N6/c1-20-7-5-11(6-8-20)10-15-13-4-2-3-12(9-13)14-16-18-19-17-14/h2-4,9,11,15H,5-8,10H2,1H3,(H,16,17,18,19). The minimum atomic E-state index is 0.632. The van der Waals surface area contributed by atoms with Gasteiger partial charge in [-0.15, -0.1) is 10.2 Å². The summed E-state index contributed by atoms with van der Waals surface area (Å²) in [5.74, 6) is 1.40. The van der Waals surface area contributed by atoms with Gasteiger partial charge in [-0.2, -0.15) is 5.21 Å². The van der Waals surface area contributed by atoms with Gasteiger partial charge in [0.1, 0.15) is 0 Å². The molecule has 0 unspecified atom stereocenters. The van der Waals surface area contributed by atoms with E-state index >= 15 is 0 Å². The highest BCUT2D eigenvalue weighted by molar-refractivity contribution is 5.61. The second kappa shape index (κ2) is 6.00. The van der Waals surface area contributed by atoms with Crippen LogP contribution in [0.3, 0.4) is 0 Å². The van der Waals surface area contributed by atoms with E-state index in [0.29, 0.717) is 5.82 Å². The summed E-state index contributed by atoms with van der Waals surface area (Å²) in [6, 6.07) is 8.16. The summed E-state index contributed by atoms with van der Waals surface area (Å²) in [5.41, 5.74) is 2.10. The fourth-order valence-electron chi connectivity index (χ4n) is 2.58. The number of benzene rings is 1. The number of tetrazole rings is 1. The van der Waals surface area contributed by atoms with E-state index in [9.17, 15) is 0 Å². The number of hydrogen-bond donors (Lipinski definition) is 2. The third-order valence-corrected chi connectivity index (χ3v) is 3.90. The molecule has 2 aromatic rings. The number of piperidine rings is 1. The van der Waals surface area contributed by atoms with Crippen molar-refractivity contribution in [3.05, 3.63) is 24.3 Å². The molecule has 1 aliphatic rings.